The van der Waals surface area contributed by atoms with Gasteiger partial charge in [-0.1, -0.05) is 83.2 Å². The van der Waals surface area contributed by atoms with Gasteiger partial charge in [-0.3, -0.25) is 9.59 Å². The van der Waals surface area contributed by atoms with Gasteiger partial charge in [-0.2, -0.15) is 10.2 Å². The number of ether oxygens (including phenoxy) is 4. The summed E-state index contributed by atoms with van der Waals surface area (Å²) >= 11 is 25.8. The molecule has 8 rings (SSSR count). The zero-order chi connectivity index (χ0) is 47.4. The summed E-state index contributed by atoms with van der Waals surface area (Å²) in [7, 11) is 6.00. The van der Waals surface area contributed by atoms with Crippen LogP contribution in [0.2, 0.25) is 20.1 Å². The lowest BCUT2D eigenvalue weighted by Crippen LogP contribution is -2.26. The first-order valence-electron chi connectivity index (χ1n) is 20.1. The monoisotopic (exact) mass is 970 g/mol. The third-order valence-corrected chi connectivity index (χ3v) is 12.7. The molecule has 4 aromatic heterocycles. The number of carbonyl (C=O) groups is 2. The van der Waals surface area contributed by atoms with Crippen molar-refractivity contribution in [2.75, 3.05) is 66.1 Å². The maximum atomic E-state index is 12.0. The van der Waals surface area contributed by atoms with Crippen LogP contribution in [-0.4, -0.2) is 105 Å². The molecule has 16 nitrogen and oxygen atoms in total. The number of nitrogen functional groups attached to an aromatic ring is 2. The van der Waals surface area contributed by atoms with Crippen molar-refractivity contribution in [2.24, 2.45) is 0 Å². The second-order valence-electron chi connectivity index (χ2n) is 14.8. The molecule has 0 unspecified atom stereocenters. The Morgan fingerprint density at radius 3 is 1.29 bits per heavy atom. The van der Waals surface area contributed by atoms with Crippen molar-refractivity contribution in [3.63, 3.8) is 0 Å². The van der Waals surface area contributed by atoms with Gasteiger partial charge in [0, 0.05) is 61.5 Å². The van der Waals surface area contributed by atoms with Crippen LogP contribution in [0.1, 0.15) is 58.3 Å². The molecule has 66 heavy (non-hydrogen) atoms. The highest BCUT2D eigenvalue weighted by Gasteiger charge is 2.31. The van der Waals surface area contributed by atoms with Crippen LogP contribution in [-0.2, 0) is 9.59 Å². The molecule has 0 aliphatic carbocycles. The van der Waals surface area contributed by atoms with Crippen molar-refractivity contribution in [3.05, 3.63) is 116 Å². The van der Waals surface area contributed by atoms with Gasteiger partial charge in [0.25, 0.3) is 0 Å². The van der Waals surface area contributed by atoms with E-state index in [-0.39, 0.29) is 55.4 Å². The molecule has 2 aromatic carbocycles. The lowest BCUT2D eigenvalue weighted by atomic mass is 10.0. The number of carbonyl (C=O) groups excluding carboxylic acids is 2. The summed E-state index contributed by atoms with van der Waals surface area (Å²) in [5, 5.41) is 9.87. The second-order valence-corrected chi connectivity index (χ2v) is 16.3. The number of methoxy groups -OCH3 is 4. The summed E-state index contributed by atoms with van der Waals surface area (Å²) in [5.41, 5.74) is 17.3. The zero-order valence-electron chi connectivity index (χ0n) is 36.1. The zero-order valence-corrected chi connectivity index (χ0v) is 39.1. The van der Waals surface area contributed by atoms with E-state index in [4.69, 9.17) is 76.8 Å². The molecule has 2 aliphatic rings. The number of amides is 2. The van der Waals surface area contributed by atoms with E-state index in [1.54, 1.807) is 31.0 Å². The maximum absolute atomic E-state index is 12.0. The standard InChI is InChI=1S/2C23H21Cl2N5O3/c2*1-4-19(31)29-8-7-14(11-29)16-9-13(22-23(26)27-12-28-30(16)22)5-6-15-20(24)17(32-2)10-18(33-3)21(15)25/h2*4,9-10,12,14H,1,7-8,11H2,2-3H3,(H2,26,27,28)/t2*14-/m10/s1. The molecule has 2 amide bonds. The van der Waals surface area contributed by atoms with Crippen molar-refractivity contribution in [3.8, 4) is 46.7 Å². The SMILES string of the molecule is C=CC(=O)N1CC[C@@H](c2cc(C#Cc3c(Cl)c(OC)cc(OC)c3Cl)c3c(N)ncnn23)C1.C=CC(=O)N1CC[C@H](c2cc(C#Cc3c(Cl)c(OC)cc(OC)c3Cl)c3c(N)ncnn23)C1. The average Bonchev–Trinajstić information content (AvgIpc) is 4.15. The normalized spacial score (nSPS) is 15.3. The molecule has 2 saturated heterocycles. The Hall–Kier alpha value is -6.82. The molecule has 2 aliphatic heterocycles. The Labute approximate surface area is 399 Å². The lowest BCUT2D eigenvalue weighted by molar-refractivity contribution is -0.125. The third kappa shape index (κ3) is 9.05. The molecule has 0 bridgehead atoms. The van der Waals surface area contributed by atoms with E-state index in [1.807, 2.05) is 12.1 Å². The van der Waals surface area contributed by atoms with Gasteiger partial charge in [0.1, 0.15) is 46.7 Å². The number of nitrogens with zero attached hydrogens (tertiary/aromatic N) is 8. The summed E-state index contributed by atoms with van der Waals surface area (Å²) in [4.78, 5) is 35.8. The molecule has 0 spiro atoms. The molecule has 20 heteroatoms. The Morgan fingerprint density at radius 1 is 0.621 bits per heavy atom. The van der Waals surface area contributed by atoms with E-state index in [0.717, 1.165) is 24.2 Å². The van der Waals surface area contributed by atoms with Crippen LogP contribution in [0.25, 0.3) is 11.0 Å². The van der Waals surface area contributed by atoms with Crippen molar-refractivity contribution < 1.29 is 28.5 Å². The molecular formula is C46H42Cl4N10O6. The van der Waals surface area contributed by atoms with E-state index in [2.05, 4.69) is 57.0 Å². The topological polar surface area (TPSA) is 190 Å². The number of benzene rings is 2. The van der Waals surface area contributed by atoms with Crippen LogP contribution in [0.5, 0.6) is 23.0 Å². The summed E-state index contributed by atoms with van der Waals surface area (Å²) in [5.74, 6) is 14.4. The number of halogens is 4. The number of fused-ring (bicyclic) bond motifs is 2. The number of likely N-dealkylation sites (tertiary alicyclic amines) is 2. The predicted octanol–water partition coefficient (Wildman–Crippen LogP) is 7.07. The van der Waals surface area contributed by atoms with Gasteiger partial charge in [-0.05, 0) is 37.1 Å². The number of aromatic nitrogens is 6. The highest BCUT2D eigenvalue weighted by molar-refractivity contribution is 6.39. The average molecular weight is 973 g/mol. The fourth-order valence-corrected chi connectivity index (χ4v) is 9.06. The third-order valence-electron chi connectivity index (χ3n) is 11.2. The number of hydrogen-bond donors (Lipinski definition) is 2. The fraction of sp³-hybridized carbons (Fsp3) is 0.261. The van der Waals surface area contributed by atoms with Crippen molar-refractivity contribution in [1.29, 1.82) is 0 Å². The fourth-order valence-electron chi connectivity index (χ4n) is 7.87. The van der Waals surface area contributed by atoms with Gasteiger partial charge in [0.2, 0.25) is 11.8 Å². The largest absolute Gasteiger partial charge is 0.495 e. The summed E-state index contributed by atoms with van der Waals surface area (Å²) in [6, 6.07) is 7.03. The van der Waals surface area contributed by atoms with Gasteiger partial charge < -0.3 is 40.2 Å². The highest BCUT2D eigenvalue weighted by Crippen LogP contribution is 2.42. The summed E-state index contributed by atoms with van der Waals surface area (Å²) in [6.45, 7) is 9.52. The van der Waals surface area contributed by atoms with Crippen LogP contribution in [0.3, 0.4) is 0 Å². The highest BCUT2D eigenvalue weighted by atomic mass is 35.5. The lowest BCUT2D eigenvalue weighted by Gasteiger charge is -2.14. The molecule has 0 saturated carbocycles. The quantitative estimate of drug-likeness (QED) is 0.117. The molecule has 6 heterocycles. The van der Waals surface area contributed by atoms with Crippen LogP contribution in [0, 0.1) is 23.7 Å². The van der Waals surface area contributed by atoms with E-state index < -0.39 is 0 Å². The molecule has 2 fully saturated rings. The number of rotatable bonds is 8. The first-order valence-corrected chi connectivity index (χ1v) is 21.6. The smallest absolute Gasteiger partial charge is 0.245 e. The summed E-state index contributed by atoms with van der Waals surface area (Å²) < 4.78 is 24.7. The van der Waals surface area contributed by atoms with Gasteiger partial charge in [-0.25, -0.2) is 19.0 Å². The first kappa shape index (κ1) is 47.2. The Morgan fingerprint density at radius 2 is 0.970 bits per heavy atom. The molecule has 4 N–H and O–H groups in total. The van der Waals surface area contributed by atoms with Crippen molar-refractivity contribution in [2.45, 2.75) is 24.7 Å². The number of hydrogen-bond acceptors (Lipinski definition) is 12. The van der Waals surface area contributed by atoms with Crippen LogP contribution >= 0.6 is 46.4 Å². The molecule has 0 radical (unpaired) electrons. The van der Waals surface area contributed by atoms with E-state index in [0.29, 0.717) is 82.5 Å². The maximum Gasteiger partial charge on any atom is 0.245 e. The minimum atomic E-state index is -0.0937. The first-order chi connectivity index (χ1) is 31.8. The van der Waals surface area contributed by atoms with Gasteiger partial charge in [0.15, 0.2) is 11.6 Å². The molecular weight excluding hydrogens is 930 g/mol. The Balaban J connectivity index is 0.000000196. The molecule has 2 atom stereocenters. The Kier molecular flexibility index (Phi) is 14.4. The number of anilines is 2. The van der Waals surface area contributed by atoms with Crippen molar-refractivity contribution in [1.82, 2.24) is 39.0 Å². The van der Waals surface area contributed by atoms with Crippen molar-refractivity contribution >= 4 is 80.9 Å². The van der Waals surface area contributed by atoms with Crippen LogP contribution in [0.4, 0.5) is 11.6 Å². The second kappa shape index (κ2) is 20.1. The van der Waals surface area contributed by atoms with E-state index in [1.165, 1.54) is 53.2 Å². The minimum Gasteiger partial charge on any atom is -0.495 e. The molecule has 6 aromatic rings. The predicted molar refractivity (Wildman–Crippen MR) is 254 cm³/mol. The van der Waals surface area contributed by atoms with E-state index >= 15 is 0 Å². The van der Waals surface area contributed by atoms with Gasteiger partial charge in [0.05, 0.1) is 70.8 Å². The summed E-state index contributed by atoms with van der Waals surface area (Å²) in [6.07, 6.45) is 7.01. The molecule has 340 valence electrons. The van der Waals surface area contributed by atoms with Gasteiger partial charge in [-0.15, -0.1) is 0 Å². The Bertz CT molecular complexity index is 2800. The van der Waals surface area contributed by atoms with Crippen LogP contribution < -0.4 is 30.4 Å². The van der Waals surface area contributed by atoms with E-state index in [9.17, 15) is 9.59 Å². The minimum absolute atomic E-state index is 0.0651. The van der Waals surface area contributed by atoms with Gasteiger partial charge >= 0.3 is 0 Å². The number of nitrogens with two attached hydrogens (primary N) is 2. The van der Waals surface area contributed by atoms with Crippen LogP contribution in [0.15, 0.2) is 62.2 Å².